The molecule has 1 aromatic rings. The summed E-state index contributed by atoms with van der Waals surface area (Å²) in [5, 5.41) is 20.3. The summed E-state index contributed by atoms with van der Waals surface area (Å²) in [6.07, 6.45) is 1.64. The first-order chi connectivity index (χ1) is 9.97. The van der Waals surface area contributed by atoms with E-state index in [4.69, 9.17) is 14.6 Å². The number of carboxylic acids is 1. The molecule has 0 amide bonds. The minimum atomic E-state index is -1.04. The number of nitrogens with zero attached hydrogens (tertiary/aromatic N) is 2. The van der Waals surface area contributed by atoms with Crippen LogP contribution in [0, 0.1) is 10.1 Å². The van der Waals surface area contributed by atoms with Crippen LogP contribution in [0.3, 0.4) is 0 Å². The van der Waals surface area contributed by atoms with Crippen molar-refractivity contribution in [1.29, 1.82) is 0 Å². The zero-order chi connectivity index (χ0) is 15.6. The van der Waals surface area contributed by atoms with Gasteiger partial charge in [-0.15, -0.1) is 0 Å². The smallest absolute Gasteiger partial charge is 0.323 e. The van der Waals surface area contributed by atoms with Crippen molar-refractivity contribution in [1.82, 2.24) is 0 Å². The number of anilines is 1. The molecule has 114 valence electrons. The van der Waals surface area contributed by atoms with Gasteiger partial charge in [-0.3, -0.25) is 14.9 Å². The van der Waals surface area contributed by atoms with Crippen molar-refractivity contribution in [2.24, 2.45) is 0 Å². The number of aliphatic carboxylic acids is 1. The lowest BCUT2D eigenvalue weighted by Crippen LogP contribution is -2.32. The van der Waals surface area contributed by atoms with Crippen molar-refractivity contribution in [2.75, 3.05) is 25.7 Å². The number of hydrogen-bond acceptors (Lipinski definition) is 6. The molecular formula is C13H16N2O6. The number of nitro groups is 1. The Morgan fingerprint density at radius 2 is 1.95 bits per heavy atom. The van der Waals surface area contributed by atoms with Crippen molar-refractivity contribution < 1.29 is 24.3 Å². The first-order valence-electron chi connectivity index (χ1n) is 6.36. The lowest BCUT2D eigenvalue weighted by atomic mass is 10.2. The number of carboxylic acid groups (broad SMARTS) is 1. The highest BCUT2D eigenvalue weighted by Gasteiger charge is 2.35. The highest BCUT2D eigenvalue weighted by atomic mass is 16.6. The molecule has 21 heavy (non-hydrogen) atoms. The summed E-state index contributed by atoms with van der Waals surface area (Å²) in [6.45, 7) is -0.291. The van der Waals surface area contributed by atoms with E-state index >= 15 is 0 Å². The van der Waals surface area contributed by atoms with Crippen molar-refractivity contribution in [2.45, 2.75) is 18.9 Å². The molecule has 1 aliphatic rings. The van der Waals surface area contributed by atoms with E-state index in [0.29, 0.717) is 5.75 Å². The second-order valence-electron chi connectivity index (χ2n) is 4.71. The van der Waals surface area contributed by atoms with Crippen LogP contribution in [0.4, 0.5) is 11.4 Å². The fourth-order valence-corrected chi connectivity index (χ4v) is 2.18. The molecule has 0 spiro atoms. The van der Waals surface area contributed by atoms with Crippen LogP contribution in [-0.2, 0) is 4.79 Å². The number of rotatable bonds is 7. The molecule has 0 unspecified atom stereocenters. The fourth-order valence-electron chi connectivity index (χ4n) is 2.18. The fraction of sp³-hybridized carbons (Fsp3) is 0.462. The van der Waals surface area contributed by atoms with Gasteiger partial charge in [-0.1, -0.05) is 0 Å². The minimum absolute atomic E-state index is 0.0119. The first kappa shape index (κ1) is 14.9. The predicted octanol–water partition coefficient (Wildman–Crippen LogP) is 1.67. The topological polar surface area (TPSA) is 102 Å². The second kappa shape index (κ2) is 5.86. The van der Waals surface area contributed by atoms with Crippen molar-refractivity contribution in [3.05, 3.63) is 22.2 Å². The predicted molar refractivity (Wildman–Crippen MR) is 74.2 cm³/mol. The van der Waals surface area contributed by atoms with Crippen LogP contribution >= 0.6 is 0 Å². The summed E-state index contributed by atoms with van der Waals surface area (Å²) in [5.74, 6) is -0.473. The maximum absolute atomic E-state index is 11.3. The molecule has 0 aliphatic heterocycles. The van der Waals surface area contributed by atoms with Gasteiger partial charge < -0.3 is 19.5 Å². The number of benzene rings is 1. The molecule has 0 bridgehead atoms. The summed E-state index contributed by atoms with van der Waals surface area (Å²) >= 11 is 0. The Morgan fingerprint density at radius 1 is 1.38 bits per heavy atom. The molecule has 0 heterocycles. The van der Waals surface area contributed by atoms with Gasteiger partial charge in [-0.25, -0.2) is 0 Å². The molecule has 1 saturated carbocycles. The van der Waals surface area contributed by atoms with Crippen LogP contribution in [-0.4, -0.2) is 42.8 Å². The minimum Gasteiger partial charge on any atom is -0.493 e. The maximum atomic E-state index is 11.3. The molecule has 1 fully saturated rings. The van der Waals surface area contributed by atoms with Crippen LogP contribution in [0.15, 0.2) is 12.1 Å². The number of hydrogen-bond donors (Lipinski definition) is 1. The lowest BCUT2D eigenvalue weighted by Gasteiger charge is -2.23. The standard InChI is InChI=1S/C13H16N2O6/c1-20-11-5-9(10(15(18)19)6-12(11)21-2)14(7-13(16)17)8-3-4-8/h5-6,8H,3-4,7H2,1-2H3,(H,16,17). The molecule has 0 radical (unpaired) electrons. The average molecular weight is 296 g/mol. The molecule has 1 N–H and O–H groups in total. The summed E-state index contributed by atoms with van der Waals surface area (Å²) < 4.78 is 10.2. The Hall–Kier alpha value is -2.51. The third-order valence-corrected chi connectivity index (χ3v) is 3.28. The molecule has 8 nitrogen and oxygen atoms in total. The van der Waals surface area contributed by atoms with Gasteiger partial charge in [0.15, 0.2) is 11.5 Å². The zero-order valence-corrected chi connectivity index (χ0v) is 11.7. The van der Waals surface area contributed by atoms with E-state index in [1.807, 2.05) is 0 Å². The monoisotopic (exact) mass is 296 g/mol. The molecule has 2 rings (SSSR count). The summed E-state index contributed by atoms with van der Waals surface area (Å²) in [6, 6.07) is 2.72. The van der Waals surface area contributed by atoms with Gasteiger partial charge >= 0.3 is 5.97 Å². The van der Waals surface area contributed by atoms with Gasteiger partial charge in [-0.05, 0) is 12.8 Å². The van der Waals surface area contributed by atoms with Gasteiger partial charge in [-0.2, -0.15) is 0 Å². The van der Waals surface area contributed by atoms with Crippen LogP contribution in [0.1, 0.15) is 12.8 Å². The van der Waals surface area contributed by atoms with E-state index < -0.39 is 10.9 Å². The van der Waals surface area contributed by atoms with E-state index in [-0.39, 0.29) is 29.7 Å². The average Bonchev–Trinajstić information content (AvgIpc) is 3.27. The Morgan fingerprint density at radius 3 is 2.38 bits per heavy atom. The van der Waals surface area contributed by atoms with Crippen molar-refractivity contribution in [3.63, 3.8) is 0 Å². The Bertz CT molecular complexity index is 570. The van der Waals surface area contributed by atoms with Gasteiger partial charge in [0.25, 0.3) is 5.69 Å². The Labute approximate surface area is 121 Å². The van der Waals surface area contributed by atoms with Gasteiger partial charge in [0.2, 0.25) is 0 Å². The third-order valence-electron chi connectivity index (χ3n) is 3.28. The Balaban J connectivity index is 2.52. The van der Waals surface area contributed by atoms with Crippen LogP contribution in [0.2, 0.25) is 0 Å². The highest BCUT2D eigenvalue weighted by Crippen LogP contribution is 2.43. The van der Waals surface area contributed by atoms with Crippen molar-refractivity contribution >= 4 is 17.3 Å². The number of nitro benzene ring substituents is 1. The first-order valence-corrected chi connectivity index (χ1v) is 6.36. The number of ether oxygens (including phenoxy) is 2. The van der Waals surface area contributed by atoms with Crippen LogP contribution in [0.25, 0.3) is 0 Å². The largest absolute Gasteiger partial charge is 0.493 e. The summed E-state index contributed by atoms with van der Waals surface area (Å²) in [7, 11) is 2.81. The Kier molecular flexibility index (Phi) is 4.15. The molecule has 1 aliphatic carbocycles. The van der Waals surface area contributed by atoms with Gasteiger partial charge in [0.1, 0.15) is 12.2 Å². The van der Waals surface area contributed by atoms with E-state index in [1.54, 1.807) is 0 Å². The summed E-state index contributed by atoms with van der Waals surface area (Å²) in [5.41, 5.74) is 0.0448. The van der Waals surface area contributed by atoms with Crippen LogP contribution < -0.4 is 14.4 Å². The van der Waals surface area contributed by atoms with E-state index in [0.717, 1.165) is 12.8 Å². The molecule has 8 heteroatoms. The lowest BCUT2D eigenvalue weighted by molar-refractivity contribution is -0.384. The van der Waals surface area contributed by atoms with E-state index in [1.165, 1.54) is 31.3 Å². The molecular weight excluding hydrogens is 280 g/mol. The molecule has 1 aromatic carbocycles. The van der Waals surface area contributed by atoms with Gasteiger partial charge in [0.05, 0.1) is 25.2 Å². The quantitative estimate of drug-likeness (QED) is 0.603. The summed E-state index contributed by atoms with van der Waals surface area (Å²) in [4.78, 5) is 23.2. The maximum Gasteiger partial charge on any atom is 0.323 e. The highest BCUT2D eigenvalue weighted by molar-refractivity contribution is 5.78. The number of carbonyl (C=O) groups is 1. The SMILES string of the molecule is COc1cc(N(CC(=O)O)C2CC2)c([N+](=O)[O-])cc1OC. The van der Waals surface area contributed by atoms with E-state index in [2.05, 4.69) is 0 Å². The van der Waals surface area contributed by atoms with Crippen LogP contribution in [0.5, 0.6) is 11.5 Å². The normalized spacial score (nSPS) is 13.6. The second-order valence-corrected chi connectivity index (χ2v) is 4.71. The number of methoxy groups -OCH3 is 2. The molecule has 0 aromatic heterocycles. The van der Waals surface area contributed by atoms with Crippen molar-refractivity contribution in [3.8, 4) is 11.5 Å². The van der Waals surface area contributed by atoms with Gasteiger partial charge in [0, 0.05) is 12.1 Å². The third kappa shape index (κ3) is 3.15. The molecule has 0 atom stereocenters. The molecule has 0 saturated heterocycles. The van der Waals surface area contributed by atoms with E-state index in [9.17, 15) is 14.9 Å². The zero-order valence-electron chi connectivity index (χ0n) is 11.7.